The Balaban J connectivity index is 2.01. The maximum absolute atomic E-state index is 13.4. The largest absolute Gasteiger partial charge is 0.478 e. The first-order chi connectivity index (χ1) is 16.6. The number of H-pyrrole nitrogens is 1. The van der Waals surface area contributed by atoms with E-state index in [0.717, 1.165) is 16.7 Å². The number of nitrogens with one attached hydrogen (secondary N) is 1. The Labute approximate surface area is 205 Å². The molecule has 0 saturated carbocycles. The summed E-state index contributed by atoms with van der Waals surface area (Å²) < 4.78 is 41.2. The lowest BCUT2D eigenvalue weighted by molar-refractivity contribution is -0.137. The van der Waals surface area contributed by atoms with Gasteiger partial charge in [0.25, 0.3) is 0 Å². The van der Waals surface area contributed by atoms with E-state index in [-0.39, 0.29) is 22.9 Å². The highest BCUT2D eigenvalue weighted by Crippen LogP contribution is 2.43. The standard InChI is InChI=1S/C23H17BrF3N5O3/c1-12-18(20(33)34)19(17-6-5-13(11-28)9-14(17)7-8-24)32-21(29-30-22(32)35)31(12)16-4-2-3-15(10-16)23(25,26)27/h2-6,9-10,19H,7-8H2,1H3,(H,30,35)(H,33,34). The number of carbonyl (C=O) groups is 1. The fraction of sp³-hybridized carbons (Fsp3) is 0.217. The lowest BCUT2D eigenvalue weighted by Crippen LogP contribution is -2.37. The van der Waals surface area contributed by atoms with Crippen molar-refractivity contribution in [1.29, 1.82) is 5.26 Å². The van der Waals surface area contributed by atoms with Gasteiger partial charge in [-0.2, -0.15) is 18.4 Å². The quantitative estimate of drug-likeness (QED) is 0.454. The summed E-state index contributed by atoms with van der Waals surface area (Å²) in [6.45, 7) is 1.45. The van der Waals surface area contributed by atoms with Gasteiger partial charge in [0.2, 0.25) is 5.95 Å². The molecule has 3 aromatic rings. The van der Waals surface area contributed by atoms with E-state index >= 15 is 0 Å². The number of allylic oxidation sites excluding steroid dienone is 1. The molecule has 0 saturated heterocycles. The number of nitrogens with zero attached hydrogens (tertiary/aromatic N) is 4. The first-order valence-electron chi connectivity index (χ1n) is 10.3. The lowest BCUT2D eigenvalue weighted by atomic mass is 9.89. The second-order valence-corrected chi connectivity index (χ2v) is 8.55. The third kappa shape index (κ3) is 4.23. The molecular weight excluding hydrogens is 531 g/mol. The van der Waals surface area contributed by atoms with Crippen molar-refractivity contribution in [2.75, 3.05) is 10.2 Å². The third-order valence-corrected chi connectivity index (χ3v) is 6.13. The fourth-order valence-corrected chi connectivity index (χ4v) is 4.67. The number of carboxylic acids is 1. The molecule has 0 fully saturated rings. The molecule has 0 aliphatic carbocycles. The van der Waals surface area contributed by atoms with Crippen molar-refractivity contribution >= 4 is 33.5 Å². The molecule has 2 N–H and O–H groups in total. The van der Waals surface area contributed by atoms with Crippen molar-refractivity contribution in [3.63, 3.8) is 0 Å². The maximum atomic E-state index is 13.4. The van der Waals surface area contributed by atoms with E-state index in [1.807, 2.05) is 6.07 Å². The Bertz CT molecular complexity index is 1450. The highest BCUT2D eigenvalue weighted by molar-refractivity contribution is 9.09. The van der Waals surface area contributed by atoms with E-state index in [9.17, 15) is 33.1 Å². The minimum absolute atomic E-state index is 0.00437. The average Bonchev–Trinajstić information content (AvgIpc) is 3.18. The molecule has 2 heterocycles. The van der Waals surface area contributed by atoms with Crippen LogP contribution in [0.25, 0.3) is 0 Å². The summed E-state index contributed by atoms with van der Waals surface area (Å²) in [6.07, 6.45) is -4.19. The van der Waals surface area contributed by atoms with Crippen LogP contribution in [0.5, 0.6) is 0 Å². The zero-order valence-electron chi connectivity index (χ0n) is 18.1. The lowest BCUT2D eigenvalue weighted by Gasteiger charge is -2.35. The predicted octanol–water partition coefficient (Wildman–Crippen LogP) is 4.50. The SMILES string of the molecule is CC1=C(C(=O)O)C(c2ccc(C#N)cc2CCBr)n2c(n[nH]c2=O)N1c1cccc(C(F)(F)F)c1. The molecule has 1 unspecified atom stereocenters. The van der Waals surface area contributed by atoms with Crippen LogP contribution in [0.4, 0.5) is 24.8 Å². The first kappa shape index (κ1) is 24.3. The normalized spacial score (nSPS) is 15.7. The number of fused-ring (bicyclic) bond motifs is 1. The summed E-state index contributed by atoms with van der Waals surface area (Å²) in [7, 11) is 0. The molecule has 0 radical (unpaired) electrons. The summed E-state index contributed by atoms with van der Waals surface area (Å²) >= 11 is 3.35. The van der Waals surface area contributed by atoms with E-state index in [1.54, 1.807) is 12.1 Å². The number of halogens is 4. The van der Waals surface area contributed by atoms with Crippen LogP contribution in [0.3, 0.4) is 0 Å². The van der Waals surface area contributed by atoms with E-state index in [2.05, 4.69) is 26.1 Å². The molecule has 12 heteroatoms. The van der Waals surface area contributed by atoms with E-state index in [1.165, 1.54) is 30.0 Å². The number of aromatic nitrogens is 3. The molecule has 0 bridgehead atoms. The smallest absolute Gasteiger partial charge is 0.416 e. The predicted molar refractivity (Wildman–Crippen MR) is 124 cm³/mol. The van der Waals surface area contributed by atoms with Gasteiger partial charge >= 0.3 is 17.8 Å². The third-order valence-electron chi connectivity index (χ3n) is 5.74. The first-order valence-corrected chi connectivity index (χ1v) is 11.4. The molecular formula is C23H17BrF3N5O3. The van der Waals surface area contributed by atoms with Gasteiger partial charge in [-0.05, 0) is 54.8 Å². The average molecular weight is 548 g/mol. The number of rotatable bonds is 5. The number of aromatic amines is 1. The summed E-state index contributed by atoms with van der Waals surface area (Å²) in [5, 5.41) is 26.3. The number of alkyl halides is 4. The number of benzene rings is 2. The molecule has 1 atom stereocenters. The van der Waals surface area contributed by atoms with Crippen molar-refractivity contribution < 1.29 is 23.1 Å². The number of hydrogen-bond acceptors (Lipinski definition) is 5. The van der Waals surface area contributed by atoms with Crippen LogP contribution in [-0.2, 0) is 17.4 Å². The van der Waals surface area contributed by atoms with Gasteiger partial charge in [-0.15, -0.1) is 5.10 Å². The number of anilines is 2. The molecule has 4 rings (SSSR count). The molecule has 2 aromatic carbocycles. The van der Waals surface area contributed by atoms with Gasteiger partial charge in [0, 0.05) is 16.7 Å². The number of carboxylic acid groups (broad SMARTS) is 1. The van der Waals surface area contributed by atoms with Crippen LogP contribution in [0.2, 0.25) is 0 Å². The van der Waals surface area contributed by atoms with Gasteiger partial charge in [0.1, 0.15) is 6.04 Å². The van der Waals surface area contributed by atoms with Gasteiger partial charge in [0.15, 0.2) is 0 Å². The molecule has 180 valence electrons. The zero-order chi connectivity index (χ0) is 25.5. The monoisotopic (exact) mass is 547 g/mol. The van der Waals surface area contributed by atoms with Gasteiger partial charge in [-0.25, -0.2) is 19.3 Å². The topological polar surface area (TPSA) is 115 Å². The highest BCUT2D eigenvalue weighted by atomic mass is 79.9. The second-order valence-electron chi connectivity index (χ2n) is 7.75. The number of nitriles is 1. The Kier molecular flexibility index (Phi) is 6.29. The van der Waals surface area contributed by atoms with Crippen LogP contribution in [0.1, 0.15) is 35.2 Å². The van der Waals surface area contributed by atoms with Gasteiger partial charge in [0.05, 0.1) is 22.8 Å². The Morgan fingerprint density at radius 2 is 2.03 bits per heavy atom. The second kappa shape index (κ2) is 9.07. The van der Waals surface area contributed by atoms with Gasteiger partial charge in [-0.3, -0.25) is 4.90 Å². The van der Waals surface area contributed by atoms with E-state index in [0.29, 0.717) is 28.4 Å². The van der Waals surface area contributed by atoms with Crippen molar-refractivity contribution in [1.82, 2.24) is 14.8 Å². The maximum Gasteiger partial charge on any atom is 0.416 e. The Morgan fingerprint density at radius 1 is 1.29 bits per heavy atom. The minimum atomic E-state index is -4.63. The molecule has 8 nitrogen and oxygen atoms in total. The number of hydrogen-bond donors (Lipinski definition) is 2. The molecule has 35 heavy (non-hydrogen) atoms. The van der Waals surface area contributed by atoms with Crippen LogP contribution >= 0.6 is 15.9 Å². The number of aliphatic carboxylic acids is 1. The molecule has 0 amide bonds. The van der Waals surface area contributed by atoms with E-state index in [4.69, 9.17) is 0 Å². The molecule has 1 aliphatic heterocycles. The summed E-state index contributed by atoms with van der Waals surface area (Å²) in [5.74, 6) is -1.41. The van der Waals surface area contributed by atoms with Crippen LogP contribution in [0.15, 0.2) is 58.5 Å². The highest BCUT2D eigenvalue weighted by Gasteiger charge is 2.40. The molecule has 1 aromatic heterocycles. The van der Waals surface area contributed by atoms with Crippen LogP contribution < -0.4 is 10.6 Å². The van der Waals surface area contributed by atoms with Crippen LogP contribution in [-0.4, -0.2) is 31.2 Å². The summed E-state index contributed by atoms with van der Waals surface area (Å²) in [5.41, 5.74) is -0.307. The molecule has 0 spiro atoms. The molecule has 1 aliphatic rings. The fourth-order valence-electron chi connectivity index (χ4n) is 4.24. The number of aryl methyl sites for hydroxylation is 1. The van der Waals surface area contributed by atoms with Crippen molar-refractivity contribution in [2.24, 2.45) is 0 Å². The van der Waals surface area contributed by atoms with Gasteiger partial charge < -0.3 is 5.11 Å². The van der Waals surface area contributed by atoms with Crippen molar-refractivity contribution in [3.8, 4) is 6.07 Å². The van der Waals surface area contributed by atoms with Crippen LogP contribution in [0, 0.1) is 11.3 Å². The summed E-state index contributed by atoms with van der Waals surface area (Å²) in [6, 6.07) is 9.97. The zero-order valence-corrected chi connectivity index (χ0v) is 19.7. The Hall–Kier alpha value is -3.85. The minimum Gasteiger partial charge on any atom is -0.478 e. The van der Waals surface area contributed by atoms with Crippen molar-refractivity contribution in [3.05, 3.63) is 86.5 Å². The summed E-state index contributed by atoms with van der Waals surface area (Å²) in [4.78, 5) is 26.6. The Morgan fingerprint density at radius 3 is 2.66 bits per heavy atom. The van der Waals surface area contributed by atoms with E-state index < -0.39 is 29.4 Å². The van der Waals surface area contributed by atoms with Gasteiger partial charge in [-0.1, -0.05) is 28.1 Å². The van der Waals surface area contributed by atoms with Crippen molar-refractivity contribution in [2.45, 2.75) is 25.6 Å².